The first-order chi connectivity index (χ1) is 13.0. The Bertz CT molecular complexity index is 869. The molecule has 0 saturated carbocycles. The van der Waals surface area contributed by atoms with Crippen LogP contribution in [0.1, 0.15) is 30.0 Å². The molecule has 3 aromatic rings. The molecule has 7 nitrogen and oxygen atoms in total. The fourth-order valence-corrected chi connectivity index (χ4v) is 2.65. The third-order valence-electron chi connectivity index (χ3n) is 4.19. The average Bonchev–Trinajstić information content (AvgIpc) is 3.38. The highest BCUT2D eigenvalue weighted by molar-refractivity contribution is 5.95. The number of rotatable bonds is 7. The second-order valence-corrected chi connectivity index (χ2v) is 6.53. The molecule has 0 unspecified atom stereocenters. The number of carbonyl (C=O) groups is 2. The summed E-state index contributed by atoms with van der Waals surface area (Å²) >= 11 is 0. The Balaban J connectivity index is 1.58. The van der Waals surface area contributed by atoms with Crippen molar-refractivity contribution in [1.82, 2.24) is 20.2 Å². The van der Waals surface area contributed by atoms with E-state index in [1.54, 1.807) is 24.7 Å². The van der Waals surface area contributed by atoms with Crippen LogP contribution in [-0.2, 0) is 11.3 Å². The van der Waals surface area contributed by atoms with E-state index in [2.05, 4.69) is 15.6 Å². The average molecular weight is 366 g/mol. The van der Waals surface area contributed by atoms with Gasteiger partial charge < -0.3 is 19.6 Å². The van der Waals surface area contributed by atoms with Crippen LogP contribution in [0.4, 0.5) is 0 Å². The molecule has 0 aliphatic rings. The number of hydrogen-bond donors (Lipinski definition) is 2. The number of imidazole rings is 1. The zero-order valence-electron chi connectivity index (χ0n) is 15.3. The Morgan fingerprint density at radius 3 is 2.56 bits per heavy atom. The third kappa shape index (κ3) is 4.63. The van der Waals surface area contributed by atoms with Gasteiger partial charge in [0.25, 0.3) is 5.91 Å². The fraction of sp³-hybridized carbons (Fsp3) is 0.250. The molecular formula is C20H22N4O3. The van der Waals surface area contributed by atoms with Crippen molar-refractivity contribution in [1.29, 1.82) is 0 Å². The molecule has 2 aromatic heterocycles. The van der Waals surface area contributed by atoms with Crippen molar-refractivity contribution >= 4 is 11.8 Å². The van der Waals surface area contributed by atoms with Crippen LogP contribution in [0.2, 0.25) is 0 Å². The van der Waals surface area contributed by atoms with Crippen molar-refractivity contribution in [3.8, 4) is 5.69 Å². The van der Waals surface area contributed by atoms with Crippen LogP contribution in [-0.4, -0.2) is 27.4 Å². The molecule has 27 heavy (non-hydrogen) atoms. The van der Waals surface area contributed by atoms with E-state index in [1.165, 1.54) is 6.26 Å². The summed E-state index contributed by atoms with van der Waals surface area (Å²) < 4.78 is 6.98. The SMILES string of the molecule is CC(C)[C@H](NC(=O)c1ccco1)C(=O)NCc1ccc(-n2ccnc2)cc1. The monoisotopic (exact) mass is 366 g/mol. The van der Waals surface area contributed by atoms with Gasteiger partial charge in [-0.3, -0.25) is 9.59 Å². The Morgan fingerprint density at radius 2 is 1.96 bits per heavy atom. The summed E-state index contributed by atoms with van der Waals surface area (Å²) in [5.74, 6) is -0.516. The minimum Gasteiger partial charge on any atom is -0.459 e. The van der Waals surface area contributed by atoms with Gasteiger partial charge in [0.2, 0.25) is 5.91 Å². The number of nitrogens with zero attached hydrogens (tertiary/aromatic N) is 2. The van der Waals surface area contributed by atoms with Gasteiger partial charge in [-0.25, -0.2) is 4.98 Å². The van der Waals surface area contributed by atoms with Crippen molar-refractivity contribution in [3.63, 3.8) is 0 Å². The van der Waals surface area contributed by atoms with Crippen LogP contribution >= 0.6 is 0 Å². The van der Waals surface area contributed by atoms with Crippen molar-refractivity contribution in [2.75, 3.05) is 0 Å². The standard InChI is InChI=1S/C20H22N4O3/c1-14(2)18(23-19(25)17-4-3-11-27-17)20(26)22-12-15-5-7-16(8-6-15)24-10-9-21-13-24/h3-11,13-14,18H,12H2,1-2H3,(H,22,26)(H,23,25)/t18-/m0/s1. The van der Waals surface area contributed by atoms with E-state index >= 15 is 0 Å². The summed E-state index contributed by atoms with van der Waals surface area (Å²) in [6.07, 6.45) is 6.74. The molecule has 1 aromatic carbocycles. The first kappa shape index (κ1) is 18.4. The second kappa shape index (κ2) is 8.35. The summed E-state index contributed by atoms with van der Waals surface area (Å²) in [5.41, 5.74) is 1.96. The van der Waals surface area contributed by atoms with Crippen LogP contribution in [0.3, 0.4) is 0 Å². The minimum atomic E-state index is -0.646. The van der Waals surface area contributed by atoms with Gasteiger partial charge >= 0.3 is 0 Å². The zero-order chi connectivity index (χ0) is 19.2. The first-order valence-corrected chi connectivity index (χ1v) is 8.74. The fourth-order valence-electron chi connectivity index (χ4n) is 2.65. The number of benzene rings is 1. The first-order valence-electron chi connectivity index (χ1n) is 8.74. The molecular weight excluding hydrogens is 344 g/mol. The van der Waals surface area contributed by atoms with E-state index in [0.29, 0.717) is 6.54 Å². The minimum absolute atomic E-state index is 0.0625. The number of aromatic nitrogens is 2. The summed E-state index contributed by atoms with van der Waals surface area (Å²) in [6, 6.07) is 10.4. The summed E-state index contributed by atoms with van der Waals surface area (Å²) in [6.45, 7) is 4.14. The summed E-state index contributed by atoms with van der Waals surface area (Å²) in [5, 5.41) is 5.61. The smallest absolute Gasteiger partial charge is 0.287 e. The van der Waals surface area contributed by atoms with Crippen molar-refractivity contribution in [3.05, 3.63) is 72.7 Å². The molecule has 0 spiro atoms. The number of carbonyl (C=O) groups excluding carboxylic acids is 2. The van der Waals surface area contributed by atoms with Crippen molar-refractivity contribution in [2.45, 2.75) is 26.4 Å². The van der Waals surface area contributed by atoms with Gasteiger partial charge in [-0.2, -0.15) is 0 Å². The Morgan fingerprint density at radius 1 is 1.19 bits per heavy atom. The highest BCUT2D eigenvalue weighted by Gasteiger charge is 2.25. The zero-order valence-corrected chi connectivity index (χ0v) is 15.3. The van der Waals surface area contributed by atoms with Gasteiger partial charge in [-0.15, -0.1) is 0 Å². The number of amides is 2. The molecule has 7 heteroatoms. The maximum absolute atomic E-state index is 12.5. The highest BCUT2D eigenvalue weighted by Crippen LogP contribution is 2.10. The van der Waals surface area contributed by atoms with Crippen LogP contribution < -0.4 is 10.6 Å². The summed E-state index contributed by atoms with van der Waals surface area (Å²) in [7, 11) is 0. The Hall–Kier alpha value is -3.35. The lowest BCUT2D eigenvalue weighted by Crippen LogP contribution is -2.49. The molecule has 0 radical (unpaired) electrons. The lowest BCUT2D eigenvalue weighted by molar-refractivity contribution is -0.124. The Kier molecular flexibility index (Phi) is 5.71. The second-order valence-electron chi connectivity index (χ2n) is 6.53. The normalized spacial score (nSPS) is 12.0. The van der Waals surface area contributed by atoms with Gasteiger partial charge in [0, 0.05) is 24.6 Å². The number of furan rings is 1. The maximum Gasteiger partial charge on any atom is 0.287 e. The third-order valence-corrected chi connectivity index (χ3v) is 4.19. The molecule has 0 aliphatic carbocycles. The van der Waals surface area contributed by atoms with Crippen LogP contribution in [0.25, 0.3) is 5.69 Å². The number of hydrogen-bond acceptors (Lipinski definition) is 4. The van der Waals surface area contributed by atoms with Gasteiger partial charge in [0.1, 0.15) is 6.04 Å². The molecule has 0 aliphatic heterocycles. The van der Waals surface area contributed by atoms with Crippen LogP contribution in [0.5, 0.6) is 0 Å². The largest absolute Gasteiger partial charge is 0.459 e. The quantitative estimate of drug-likeness (QED) is 0.672. The topological polar surface area (TPSA) is 89.2 Å². The summed E-state index contributed by atoms with van der Waals surface area (Å²) in [4.78, 5) is 28.7. The maximum atomic E-state index is 12.5. The van der Waals surface area contributed by atoms with Gasteiger partial charge in [0.15, 0.2) is 5.76 Å². The molecule has 1 atom stereocenters. The number of nitrogens with one attached hydrogen (secondary N) is 2. The van der Waals surface area contributed by atoms with Crippen molar-refractivity contribution < 1.29 is 14.0 Å². The predicted octanol–water partition coefficient (Wildman–Crippen LogP) is 2.54. The van der Waals surface area contributed by atoms with E-state index in [1.807, 2.05) is 48.9 Å². The van der Waals surface area contributed by atoms with E-state index < -0.39 is 11.9 Å². The molecule has 0 fully saturated rings. The van der Waals surface area contributed by atoms with Crippen molar-refractivity contribution in [2.24, 2.45) is 5.92 Å². The van der Waals surface area contributed by atoms with E-state index in [-0.39, 0.29) is 17.6 Å². The lowest BCUT2D eigenvalue weighted by atomic mass is 10.0. The van der Waals surface area contributed by atoms with Gasteiger partial charge in [-0.1, -0.05) is 26.0 Å². The van der Waals surface area contributed by atoms with Gasteiger partial charge in [0.05, 0.1) is 12.6 Å². The molecule has 0 saturated heterocycles. The predicted molar refractivity (Wildman–Crippen MR) is 100 cm³/mol. The van der Waals surface area contributed by atoms with E-state index in [4.69, 9.17) is 4.42 Å². The Labute approximate surface area is 157 Å². The molecule has 2 amide bonds. The van der Waals surface area contributed by atoms with E-state index in [9.17, 15) is 9.59 Å². The highest BCUT2D eigenvalue weighted by atomic mass is 16.3. The van der Waals surface area contributed by atoms with Gasteiger partial charge in [-0.05, 0) is 35.7 Å². The molecule has 0 bridgehead atoms. The van der Waals surface area contributed by atoms with Crippen LogP contribution in [0.15, 0.2) is 65.8 Å². The lowest BCUT2D eigenvalue weighted by Gasteiger charge is -2.21. The molecule has 3 rings (SSSR count). The molecule has 2 N–H and O–H groups in total. The van der Waals surface area contributed by atoms with E-state index in [0.717, 1.165) is 11.3 Å². The molecule has 140 valence electrons. The van der Waals surface area contributed by atoms with Crippen LogP contribution in [0, 0.1) is 5.92 Å². The molecule has 2 heterocycles.